The highest BCUT2D eigenvalue weighted by Gasteiger charge is 2.60. The number of methoxy groups -OCH3 is 1. The number of carbonyl (C=O) groups excluding carboxylic acids is 2. The SMILES string of the molecule is COC(=O)c1nn(C)cc1NC(=O)CC12CC3CC(C1)CC(n1nc([N+](=O)[O-])c(Cl)c1C)(C3)C2. The van der Waals surface area contributed by atoms with Crippen molar-refractivity contribution in [2.24, 2.45) is 24.3 Å². The number of carbonyl (C=O) groups is 2. The number of hydrogen-bond acceptors (Lipinski definition) is 7. The predicted octanol–water partition coefficient (Wildman–Crippen LogP) is 3.60. The van der Waals surface area contributed by atoms with Crippen LogP contribution in [0, 0.1) is 34.3 Å². The number of aryl methyl sites for hydroxylation is 1. The average molecular weight is 491 g/mol. The quantitative estimate of drug-likeness (QED) is 0.371. The summed E-state index contributed by atoms with van der Waals surface area (Å²) >= 11 is 6.28. The van der Waals surface area contributed by atoms with Crippen LogP contribution in [-0.2, 0) is 22.1 Å². The van der Waals surface area contributed by atoms with E-state index in [-0.39, 0.29) is 33.4 Å². The minimum atomic E-state index is -0.614. The Bertz CT molecular complexity index is 1190. The molecule has 2 heterocycles. The minimum absolute atomic E-state index is 0.0643. The molecule has 1 N–H and O–H groups in total. The zero-order valence-electron chi connectivity index (χ0n) is 19.3. The van der Waals surface area contributed by atoms with Crippen molar-refractivity contribution < 1.29 is 19.2 Å². The Morgan fingerprint density at radius 2 is 1.97 bits per heavy atom. The van der Waals surface area contributed by atoms with Crippen LogP contribution in [0.5, 0.6) is 0 Å². The lowest BCUT2D eigenvalue weighted by Gasteiger charge is -2.61. The van der Waals surface area contributed by atoms with Gasteiger partial charge in [0.05, 0.1) is 29.1 Å². The van der Waals surface area contributed by atoms with E-state index in [4.69, 9.17) is 16.3 Å². The molecule has 34 heavy (non-hydrogen) atoms. The van der Waals surface area contributed by atoms with Crippen LogP contribution in [0.3, 0.4) is 0 Å². The summed E-state index contributed by atoms with van der Waals surface area (Å²) in [7, 11) is 2.94. The van der Waals surface area contributed by atoms with Gasteiger partial charge in [0.15, 0.2) is 10.7 Å². The van der Waals surface area contributed by atoms with Crippen LogP contribution in [0.25, 0.3) is 0 Å². The Morgan fingerprint density at radius 1 is 1.29 bits per heavy atom. The summed E-state index contributed by atoms with van der Waals surface area (Å²) in [6, 6.07) is 0. The monoisotopic (exact) mass is 490 g/mol. The smallest absolute Gasteiger partial charge is 0.408 e. The molecule has 1 amide bonds. The third-order valence-corrected chi connectivity index (χ3v) is 8.26. The van der Waals surface area contributed by atoms with Crippen molar-refractivity contribution in [3.63, 3.8) is 0 Å². The maximum atomic E-state index is 13.2. The first-order valence-electron chi connectivity index (χ1n) is 11.4. The van der Waals surface area contributed by atoms with E-state index in [1.54, 1.807) is 24.9 Å². The molecule has 182 valence electrons. The van der Waals surface area contributed by atoms with E-state index in [2.05, 4.69) is 15.5 Å². The summed E-state index contributed by atoms with van der Waals surface area (Å²) in [6.45, 7) is 1.77. The molecule has 0 radical (unpaired) electrons. The number of amides is 1. The van der Waals surface area contributed by atoms with Gasteiger partial charge in [-0.2, -0.15) is 9.78 Å². The summed E-state index contributed by atoms with van der Waals surface area (Å²) < 4.78 is 8.02. The molecule has 2 aromatic rings. The second-order valence-corrected chi connectivity index (χ2v) is 10.7. The molecule has 0 spiro atoms. The Hall–Kier alpha value is -2.95. The molecule has 4 aliphatic rings. The maximum Gasteiger partial charge on any atom is 0.408 e. The minimum Gasteiger partial charge on any atom is -0.464 e. The summed E-state index contributed by atoms with van der Waals surface area (Å²) in [4.78, 5) is 36.1. The standard InChI is InChI=1S/C22H27ClN6O5/c1-12-17(23)19(29(32)33)26-28(12)22-7-13-4-14(8-22)6-21(5-13,11-22)9-16(30)24-15-10-27(2)25-18(15)20(31)34-3/h10,13-14H,4-9,11H2,1-3H3,(H,24,30). The van der Waals surface area contributed by atoms with Crippen LogP contribution >= 0.6 is 11.6 Å². The Labute approximate surface area is 200 Å². The van der Waals surface area contributed by atoms with Crippen LogP contribution < -0.4 is 5.32 Å². The van der Waals surface area contributed by atoms with E-state index in [0.717, 1.165) is 32.1 Å². The Kier molecular flexibility index (Phi) is 5.23. The number of anilines is 1. The van der Waals surface area contributed by atoms with Gasteiger partial charge in [-0.15, -0.1) is 0 Å². The molecule has 6 rings (SSSR count). The summed E-state index contributed by atoms with van der Waals surface area (Å²) in [6.07, 6.45) is 7.35. The number of nitrogens with one attached hydrogen (secondary N) is 1. The molecule has 0 aromatic carbocycles. The molecular weight excluding hydrogens is 464 g/mol. The Balaban J connectivity index is 1.42. The van der Waals surface area contributed by atoms with Crippen molar-refractivity contribution in [1.82, 2.24) is 19.6 Å². The largest absolute Gasteiger partial charge is 0.464 e. The predicted molar refractivity (Wildman–Crippen MR) is 122 cm³/mol. The third kappa shape index (κ3) is 3.57. The van der Waals surface area contributed by atoms with E-state index in [1.165, 1.54) is 11.8 Å². The molecule has 4 saturated carbocycles. The molecule has 0 saturated heterocycles. The van der Waals surface area contributed by atoms with Crippen molar-refractivity contribution in [3.8, 4) is 0 Å². The van der Waals surface area contributed by atoms with E-state index in [0.29, 0.717) is 36.1 Å². The van der Waals surface area contributed by atoms with Crippen molar-refractivity contribution in [1.29, 1.82) is 0 Å². The molecule has 2 atom stereocenters. The van der Waals surface area contributed by atoms with E-state index in [1.807, 2.05) is 0 Å². The first kappa shape index (κ1) is 22.8. The molecule has 4 bridgehead atoms. The van der Waals surface area contributed by atoms with Gasteiger partial charge in [-0.25, -0.2) is 4.79 Å². The lowest BCUT2D eigenvalue weighted by atomic mass is 9.46. The molecule has 11 nitrogen and oxygen atoms in total. The first-order valence-corrected chi connectivity index (χ1v) is 11.7. The van der Waals surface area contributed by atoms with Gasteiger partial charge in [0, 0.05) is 19.7 Å². The van der Waals surface area contributed by atoms with Gasteiger partial charge in [0.25, 0.3) is 0 Å². The zero-order chi connectivity index (χ0) is 24.4. The molecule has 2 unspecified atom stereocenters. The molecule has 0 aliphatic heterocycles. The average Bonchev–Trinajstić information content (AvgIpc) is 3.25. The highest BCUT2D eigenvalue weighted by molar-refractivity contribution is 6.33. The number of rotatable bonds is 6. The highest BCUT2D eigenvalue weighted by atomic mass is 35.5. The van der Waals surface area contributed by atoms with Gasteiger partial charge in [-0.05, 0) is 67.6 Å². The molecule has 4 aliphatic carbocycles. The number of nitrogens with zero attached hydrogens (tertiary/aromatic N) is 5. The van der Waals surface area contributed by atoms with Crippen LogP contribution in [0.15, 0.2) is 6.20 Å². The van der Waals surface area contributed by atoms with Crippen molar-refractivity contribution in [3.05, 3.63) is 32.7 Å². The molecule has 12 heteroatoms. The van der Waals surface area contributed by atoms with Crippen molar-refractivity contribution in [2.75, 3.05) is 12.4 Å². The van der Waals surface area contributed by atoms with Crippen LogP contribution in [0.2, 0.25) is 5.02 Å². The number of aromatic nitrogens is 4. The van der Waals surface area contributed by atoms with Crippen molar-refractivity contribution >= 4 is 35.0 Å². The number of nitro groups is 1. The van der Waals surface area contributed by atoms with Gasteiger partial charge in [-0.3, -0.25) is 9.48 Å². The fourth-order valence-corrected chi connectivity index (χ4v) is 7.45. The number of hydrogen-bond donors (Lipinski definition) is 1. The van der Waals surface area contributed by atoms with Gasteiger partial charge >= 0.3 is 11.8 Å². The zero-order valence-corrected chi connectivity index (χ0v) is 20.1. The van der Waals surface area contributed by atoms with E-state index >= 15 is 0 Å². The third-order valence-electron chi connectivity index (χ3n) is 7.82. The number of esters is 1. The van der Waals surface area contributed by atoms with Gasteiger partial charge in [-0.1, -0.05) is 11.6 Å². The molecule has 4 fully saturated rings. The number of halogens is 1. The maximum absolute atomic E-state index is 13.2. The first-order chi connectivity index (χ1) is 16.0. The topological polar surface area (TPSA) is 134 Å². The fourth-order valence-electron chi connectivity index (χ4n) is 7.27. The van der Waals surface area contributed by atoms with Gasteiger partial charge in [0.2, 0.25) is 5.91 Å². The normalized spacial score (nSPS) is 29.3. The second kappa shape index (κ2) is 7.79. The Morgan fingerprint density at radius 3 is 2.56 bits per heavy atom. The summed E-state index contributed by atoms with van der Waals surface area (Å²) in [5.74, 6) is -0.249. The summed E-state index contributed by atoms with van der Waals surface area (Å²) in [5, 5.41) is 22.8. The van der Waals surface area contributed by atoms with E-state index in [9.17, 15) is 19.7 Å². The molecular formula is C22H27ClN6O5. The second-order valence-electron chi connectivity index (χ2n) is 10.4. The van der Waals surface area contributed by atoms with Gasteiger partial charge < -0.3 is 20.2 Å². The summed E-state index contributed by atoms with van der Waals surface area (Å²) in [5.41, 5.74) is 0.380. The highest BCUT2D eigenvalue weighted by Crippen LogP contribution is 2.65. The molecule has 2 aromatic heterocycles. The van der Waals surface area contributed by atoms with Crippen molar-refractivity contribution in [2.45, 2.75) is 57.4 Å². The number of ether oxygens (including phenoxy) is 1. The van der Waals surface area contributed by atoms with Crippen LogP contribution in [0.1, 0.15) is 61.1 Å². The lowest BCUT2D eigenvalue weighted by molar-refractivity contribution is -0.389. The van der Waals surface area contributed by atoms with Crippen LogP contribution in [-0.4, -0.2) is 43.5 Å². The lowest BCUT2D eigenvalue weighted by Crippen LogP contribution is -2.57. The van der Waals surface area contributed by atoms with Gasteiger partial charge in [0.1, 0.15) is 0 Å². The fraction of sp³-hybridized carbons (Fsp3) is 0.636. The van der Waals surface area contributed by atoms with E-state index < -0.39 is 10.9 Å². The van der Waals surface area contributed by atoms with Crippen LogP contribution in [0.4, 0.5) is 11.5 Å².